The van der Waals surface area contributed by atoms with Crippen molar-refractivity contribution in [1.82, 2.24) is 0 Å². The summed E-state index contributed by atoms with van der Waals surface area (Å²) in [5, 5.41) is 10.9. The summed E-state index contributed by atoms with van der Waals surface area (Å²) in [6.45, 7) is 1.79. The van der Waals surface area contributed by atoms with Crippen LogP contribution in [0, 0.1) is 10.1 Å². The van der Waals surface area contributed by atoms with Crippen molar-refractivity contribution in [3.63, 3.8) is 0 Å². The first-order chi connectivity index (χ1) is 9.55. The maximum Gasteiger partial charge on any atom is 0.294 e. The zero-order chi connectivity index (χ0) is 16.4. The van der Waals surface area contributed by atoms with Crippen molar-refractivity contribution in [2.24, 2.45) is 0 Å². The van der Waals surface area contributed by atoms with Gasteiger partial charge in [0, 0.05) is 6.07 Å². The fourth-order valence-corrected chi connectivity index (χ4v) is 4.79. The van der Waals surface area contributed by atoms with Crippen molar-refractivity contribution >= 4 is 31.4 Å². The molecule has 0 radical (unpaired) electrons. The molecule has 1 aromatic rings. The van der Waals surface area contributed by atoms with Gasteiger partial charge in [0.2, 0.25) is 15.5 Å². The zero-order valence-electron chi connectivity index (χ0n) is 11.1. The lowest BCUT2D eigenvalue weighted by molar-refractivity contribution is -0.384. The van der Waals surface area contributed by atoms with Crippen molar-refractivity contribution in [2.45, 2.75) is 19.4 Å². The highest BCUT2D eigenvalue weighted by Crippen LogP contribution is 2.33. The molecule has 0 aliphatic heterocycles. The lowest BCUT2D eigenvalue weighted by Crippen LogP contribution is -2.41. The number of benzene rings is 1. The number of nitro benzene ring substituents is 1. The lowest BCUT2D eigenvalue weighted by atomic mass is 10.3. The number of sulfonamides is 2. The smallest absolute Gasteiger partial charge is 0.258 e. The van der Waals surface area contributed by atoms with E-state index < -0.39 is 47.6 Å². The van der Waals surface area contributed by atoms with Crippen molar-refractivity contribution in [2.75, 3.05) is 9.46 Å². The molecule has 0 aromatic heterocycles. The molecular weight excluding hydrogens is 327 g/mol. The summed E-state index contributed by atoms with van der Waals surface area (Å²) in [5.41, 5.74) is -4.01. The molecule has 0 fully saturated rings. The summed E-state index contributed by atoms with van der Waals surface area (Å²) in [4.78, 5) is 10.00. The fourth-order valence-electron chi connectivity index (χ4n) is 1.47. The van der Waals surface area contributed by atoms with Crippen LogP contribution >= 0.6 is 0 Å². The molecule has 0 aliphatic rings. The van der Waals surface area contributed by atoms with Crippen molar-refractivity contribution in [3.05, 3.63) is 34.4 Å². The second kappa shape index (κ2) is 5.93. The van der Waals surface area contributed by atoms with Gasteiger partial charge >= 0.3 is 0 Å². The third kappa shape index (κ3) is 3.29. The minimum Gasteiger partial charge on any atom is -0.258 e. The molecule has 118 valence electrons. The highest BCUT2D eigenvalue weighted by atomic mass is 32.3. The number of nitro groups is 1. The molecule has 0 spiro atoms. The molecule has 0 bridgehead atoms. The Kier molecular flexibility index (Phi) is 4.89. The third-order valence-electron chi connectivity index (χ3n) is 2.53. The van der Waals surface area contributed by atoms with Crippen LogP contribution in [0.15, 0.2) is 24.3 Å². The Labute approximate surface area is 121 Å². The minimum absolute atomic E-state index is 0.206. The van der Waals surface area contributed by atoms with Gasteiger partial charge in [-0.25, -0.2) is 21.2 Å². The maximum absolute atomic E-state index is 13.4. The molecule has 0 heterocycles. The Hall–Kier alpha value is -1.75. The molecular formula is C10H13FN2O6S2. The van der Waals surface area contributed by atoms with Crippen molar-refractivity contribution in [1.29, 1.82) is 0 Å². The highest BCUT2D eigenvalue weighted by Gasteiger charge is 2.40. The quantitative estimate of drug-likeness (QED) is 0.571. The Bertz CT molecular complexity index is 745. The Balaban J connectivity index is 3.75. The number of hydrogen-bond acceptors (Lipinski definition) is 6. The topological polar surface area (TPSA) is 115 Å². The third-order valence-corrected chi connectivity index (χ3v) is 6.75. The summed E-state index contributed by atoms with van der Waals surface area (Å²) in [5.74, 6) is -0.662. The van der Waals surface area contributed by atoms with E-state index in [9.17, 15) is 31.3 Å². The van der Waals surface area contributed by atoms with E-state index in [4.69, 9.17) is 0 Å². The molecule has 0 amide bonds. The second-order valence-corrected chi connectivity index (χ2v) is 8.31. The van der Waals surface area contributed by atoms with E-state index in [0.29, 0.717) is 6.92 Å². The summed E-state index contributed by atoms with van der Waals surface area (Å²) in [6.07, 6.45) is 0. The number of hydrogen-bond donors (Lipinski definition) is 0. The molecule has 1 unspecified atom stereocenters. The van der Waals surface area contributed by atoms with Gasteiger partial charge in [-0.2, -0.15) is 3.71 Å². The Morgan fingerprint density at radius 3 is 2.24 bits per heavy atom. The summed E-state index contributed by atoms with van der Waals surface area (Å²) < 4.78 is 61.0. The second-order valence-electron chi connectivity index (χ2n) is 3.93. The maximum atomic E-state index is 13.4. The standard InChI is InChI=1S/C10H13FN2O6S2/c1-3-20(16,17)13(21(18,19)8(2)11)10-7-5-4-6-9(10)12(14)15/h4-8H,3H2,1-2H3. The SMILES string of the molecule is CCS(=O)(=O)N(c1ccccc1[N+](=O)[O-])S(=O)(=O)C(C)F. The monoisotopic (exact) mass is 340 g/mol. The normalized spacial score (nSPS) is 13.7. The summed E-state index contributed by atoms with van der Waals surface area (Å²) in [6, 6.07) is 4.33. The first-order valence-corrected chi connectivity index (χ1v) is 8.81. The molecule has 1 aromatic carbocycles. The van der Waals surface area contributed by atoms with Crippen LogP contribution in [0.3, 0.4) is 0 Å². The molecule has 0 aliphatic carbocycles. The van der Waals surface area contributed by atoms with E-state index in [1.807, 2.05) is 0 Å². The van der Waals surface area contributed by atoms with E-state index in [1.54, 1.807) is 0 Å². The number of para-hydroxylation sites is 2. The van der Waals surface area contributed by atoms with Gasteiger partial charge in [-0.3, -0.25) is 10.1 Å². The summed E-state index contributed by atoms with van der Waals surface area (Å²) >= 11 is 0. The number of rotatable bonds is 6. The van der Waals surface area contributed by atoms with Crippen LogP contribution in [-0.2, 0) is 20.0 Å². The van der Waals surface area contributed by atoms with E-state index in [0.717, 1.165) is 19.1 Å². The fraction of sp³-hybridized carbons (Fsp3) is 0.400. The van der Waals surface area contributed by atoms with E-state index in [1.165, 1.54) is 12.1 Å². The molecule has 1 rings (SSSR count). The van der Waals surface area contributed by atoms with Crippen LogP contribution in [0.5, 0.6) is 0 Å². The molecule has 11 heteroatoms. The van der Waals surface area contributed by atoms with E-state index >= 15 is 0 Å². The van der Waals surface area contributed by atoms with Gasteiger partial charge in [-0.15, -0.1) is 0 Å². The van der Waals surface area contributed by atoms with Gasteiger partial charge in [0.25, 0.3) is 15.7 Å². The van der Waals surface area contributed by atoms with Crippen LogP contribution in [0.2, 0.25) is 0 Å². The molecule has 1 atom stereocenters. The Morgan fingerprint density at radius 2 is 1.81 bits per heavy atom. The average Bonchev–Trinajstić information content (AvgIpc) is 2.38. The first-order valence-electron chi connectivity index (χ1n) is 5.70. The molecule has 0 saturated heterocycles. The molecule has 0 N–H and O–H groups in total. The minimum atomic E-state index is -4.94. The van der Waals surface area contributed by atoms with Crippen LogP contribution in [-0.4, -0.2) is 33.0 Å². The van der Waals surface area contributed by atoms with Gasteiger partial charge in [0.1, 0.15) is 5.69 Å². The van der Waals surface area contributed by atoms with Gasteiger partial charge in [-0.05, 0) is 19.9 Å². The van der Waals surface area contributed by atoms with Crippen LogP contribution in [0.4, 0.5) is 15.8 Å². The predicted molar refractivity (Wildman–Crippen MR) is 74.5 cm³/mol. The molecule has 8 nitrogen and oxygen atoms in total. The Morgan fingerprint density at radius 1 is 1.29 bits per heavy atom. The number of anilines is 1. The first kappa shape index (κ1) is 17.3. The summed E-state index contributed by atoms with van der Waals surface area (Å²) in [7, 11) is -9.41. The lowest BCUT2D eigenvalue weighted by Gasteiger charge is -2.23. The van der Waals surface area contributed by atoms with Crippen LogP contribution < -0.4 is 3.71 Å². The average molecular weight is 340 g/mol. The van der Waals surface area contributed by atoms with Crippen molar-refractivity contribution in [3.8, 4) is 0 Å². The van der Waals surface area contributed by atoms with Gasteiger partial charge in [0.05, 0.1) is 10.7 Å². The highest BCUT2D eigenvalue weighted by molar-refractivity contribution is 8.10. The van der Waals surface area contributed by atoms with Crippen molar-refractivity contribution < 1.29 is 26.1 Å². The number of halogens is 1. The predicted octanol–water partition coefficient (Wildman–Crippen LogP) is 1.40. The van der Waals surface area contributed by atoms with Gasteiger partial charge in [-0.1, -0.05) is 12.1 Å². The number of nitrogens with zero attached hydrogens (tertiary/aromatic N) is 2. The molecule has 21 heavy (non-hydrogen) atoms. The van der Waals surface area contributed by atoms with Crippen LogP contribution in [0.25, 0.3) is 0 Å². The van der Waals surface area contributed by atoms with Gasteiger partial charge in [0.15, 0.2) is 0 Å². The van der Waals surface area contributed by atoms with E-state index in [-0.39, 0.29) is 3.71 Å². The van der Waals surface area contributed by atoms with Gasteiger partial charge < -0.3 is 0 Å². The number of alkyl halides is 1. The molecule has 0 saturated carbocycles. The largest absolute Gasteiger partial charge is 0.294 e. The zero-order valence-corrected chi connectivity index (χ0v) is 12.8. The van der Waals surface area contributed by atoms with Crippen LogP contribution in [0.1, 0.15) is 13.8 Å². The van der Waals surface area contributed by atoms with E-state index in [2.05, 4.69) is 0 Å².